The van der Waals surface area contributed by atoms with Crippen molar-refractivity contribution in [1.82, 2.24) is 0 Å². The van der Waals surface area contributed by atoms with Crippen molar-refractivity contribution in [3.63, 3.8) is 0 Å². The van der Waals surface area contributed by atoms with Crippen molar-refractivity contribution in [2.75, 3.05) is 6.61 Å². The third-order valence-corrected chi connectivity index (χ3v) is 0.697. The number of aliphatic carboxylic acids is 1. The van der Waals surface area contributed by atoms with Crippen LogP contribution < -0.4 is 5.73 Å². The molecule has 0 rings (SSSR count). The van der Waals surface area contributed by atoms with Crippen molar-refractivity contribution in [2.45, 2.75) is 6.04 Å². The van der Waals surface area contributed by atoms with Crippen LogP contribution in [0.25, 0.3) is 0 Å². The molecule has 0 amide bonds. The lowest BCUT2D eigenvalue weighted by atomic mass is 10.3. The second-order valence-electron chi connectivity index (χ2n) is 1.54. The van der Waals surface area contributed by atoms with E-state index in [9.17, 15) is 4.79 Å². The number of carboxylic acid groups (broad SMARTS) is 1. The number of hydrogen-bond acceptors (Lipinski definition) is 3. The molecule has 0 saturated heterocycles. The SMILES string of the molecule is NC(C=CC(=O)O)CO. The molecule has 0 heterocycles. The maximum atomic E-state index is 9.80. The van der Waals surface area contributed by atoms with Crippen LogP contribution >= 0.6 is 0 Å². The predicted octanol–water partition coefficient (Wildman–Crippen LogP) is -1.05. The maximum absolute atomic E-state index is 9.80. The van der Waals surface area contributed by atoms with Gasteiger partial charge in [0, 0.05) is 12.1 Å². The lowest BCUT2D eigenvalue weighted by molar-refractivity contribution is -0.131. The molecule has 0 aliphatic carbocycles. The van der Waals surface area contributed by atoms with Gasteiger partial charge in [0.05, 0.1) is 6.61 Å². The van der Waals surface area contributed by atoms with Gasteiger partial charge in [0.15, 0.2) is 0 Å². The predicted molar refractivity (Wildman–Crippen MR) is 31.8 cm³/mol. The van der Waals surface area contributed by atoms with Crippen molar-refractivity contribution >= 4 is 5.97 Å². The van der Waals surface area contributed by atoms with Crippen LogP contribution in [0.1, 0.15) is 0 Å². The minimum atomic E-state index is -1.06. The lowest BCUT2D eigenvalue weighted by Gasteiger charge is -1.96. The third kappa shape index (κ3) is 4.99. The van der Waals surface area contributed by atoms with Gasteiger partial charge in [0.1, 0.15) is 0 Å². The second kappa shape index (κ2) is 4.05. The molecule has 1 unspecified atom stereocenters. The van der Waals surface area contributed by atoms with E-state index < -0.39 is 12.0 Å². The van der Waals surface area contributed by atoms with Gasteiger partial charge in [-0.15, -0.1) is 0 Å². The second-order valence-corrected chi connectivity index (χ2v) is 1.54. The Kier molecular flexibility index (Phi) is 3.66. The smallest absolute Gasteiger partial charge is 0.328 e. The average Bonchev–Trinajstić information content (AvgIpc) is 1.83. The van der Waals surface area contributed by atoms with E-state index in [1.807, 2.05) is 0 Å². The molecule has 0 aromatic rings. The molecule has 0 radical (unpaired) electrons. The molecule has 52 valence electrons. The van der Waals surface area contributed by atoms with Gasteiger partial charge in [-0.1, -0.05) is 6.08 Å². The summed E-state index contributed by atoms with van der Waals surface area (Å²) in [5, 5.41) is 16.3. The molecule has 1 atom stereocenters. The minimum absolute atomic E-state index is 0.232. The summed E-state index contributed by atoms with van der Waals surface area (Å²) in [5.74, 6) is -1.06. The Labute approximate surface area is 52.6 Å². The quantitative estimate of drug-likeness (QED) is 0.426. The lowest BCUT2D eigenvalue weighted by Crippen LogP contribution is -2.21. The molecular formula is C5H9NO3. The first-order chi connectivity index (χ1) is 4.16. The largest absolute Gasteiger partial charge is 0.478 e. The van der Waals surface area contributed by atoms with E-state index in [0.29, 0.717) is 0 Å². The number of aliphatic hydroxyl groups is 1. The fourth-order valence-electron chi connectivity index (χ4n) is 0.267. The molecule has 0 fully saturated rings. The molecule has 0 bridgehead atoms. The Morgan fingerprint density at radius 2 is 2.33 bits per heavy atom. The van der Waals surface area contributed by atoms with Gasteiger partial charge in [0.2, 0.25) is 0 Å². The van der Waals surface area contributed by atoms with Crippen molar-refractivity contribution in [1.29, 1.82) is 0 Å². The summed E-state index contributed by atoms with van der Waals surface area (Å²) in [7, 11) is 0. The molecule has 4 N–H and O–H groups in total. The average molecular weight is 131 g/mol. The first-order valence-electron chi connectivity index (χ1n) is 2.44. The van der Waals surface area contributed by atoms with E-state index in [1.165, 1.54) is 6.08 Å². The van der Waals surface area contributed by atoms with Gasteiger partial charge in [-0.3, -0.25) is 0 Å². The monoisotopic (exact) mass is 131 g/mol. The Morgan fingerprint density at radius 3 is 2.67 bits per heavy atom. The van der Waals surface area contributed by atoms with Crippen molar-refractivity contribution < 1.29 is 15.0 Å². The van der Waals surface area contributed by atoms with Crippen LogP contribution in [-0.2, 0) is 4.79 Å². The normalized spacial score (nSPS) is 14.0. The molecule has 0 spiro atoms. The summed E-state index contributed by atoms with van der Waals surface area (Å²) < 4.78 is 0. The molecule has 0 aromatic carbocycles. The van der Waals surface area contributed by atoms with Gasteiger partial charge in [0.25, 0.3) is 0 Å². The van der Waals surface area contributed by atoms with Gasteiger partial charge >= 0.3 is 5.97 Å². The van der Waals surface area contributed by atoms with E-state index in [-0.39, 0.29) is 6.61 Å². The summed E-state index contributed by atoms with van der Waals surface area (Å²) in [4.78, 5) is 9.80. The van der Waals surface area contributed by atoms with E-state index in [2.05, 4.69) is 0 Å². The molecule has 4 nitrogen and oxygen atoms in total. The highest BCUT2D eigenvalue weighted by molar-refractivity contribution is 5.79. The molecule has 0 aliphatic heterocycles. The molecule has 0 aliphatic rings. The van der Waals surface area contributed by atoms with Crippen LogP contribution in [0.4, 0.5) is 0 Å². The van der Waals surface area contributed by atoms with Crippen molar-refractivity contribution in [2.24, 2.45) is 5.73 Å². The van der Waals surface area contributed by atoms with E-state index in [4.69, 9.17) is 15.9 Å². The third-order valence-electron chi connectivity index (χ3n) is 0.697. The highest BCUT2D eigenvalue weighted by Crippen LogP contribution is 1.78. The first-order valence-corrected chi connectivity index (χ1v) is 2.44. The molecular weight excluding hydrogens is 122 g/mol. The van der Waals surface area contributed by atoms with Gasteiger partial charge < -0.3 is 15.9 Å². The van der Waals surface area contributed by atoms with Crippen LogP contribution in [0.15, 0.2) is 12.2 Å². The summed E-state index contributed by atoms with van der Waals surface area (Å²) in [6.45, 7) is -0.232. The topological polar surface area (TPSA) is 83.6 Å². The molecule has 9 heavy (non-hydrogen) atoms. The Morgan fingerprint density at radius 1 is 1.78 bits per heavy atom. The van der Waals surface area contributed by atoms with Crippen LogP contribution in [0, 0.1) is 0 Å². The standard InChI is InChI=1S/C5H9NO3/c6-4(3-7)1-2-5(8)9/h1-2,4,7H,3,6H2,(H,8,9). The number of aliphatic hydroxyl groups excluding tert-OH is 1. The van der Waals surface area contributed by atoms with Gasteiger partial charge in [-0.2, -0.15) is 0 Å². The Balaban J connectivity index is 3.56. The highest BCUT2D eigenvalue weighted by Gasteiger charge is 1.92. The van der Waals surface area contributed by atoms with Crippen molar-refractivity contribution in [3.05, 3.63) is 12.2 Å². The minimum Gasteiger partial charge on any atom is -0.478 e. The van der Waals surface area contributed by atoms with Gasteiger partial charge in [-0.25, -0.2) is 4.79 Å². The Bertz CT molecular complexity index is 121. The maximum Gasteiger partial charge on any atom is 0.328 e. The van der Waals surface area contributed by atoms with Crippen molar-refractivity contribution in [3.8, 4) is 0 Å². The van der Waals surface area contributed by atoms with E-state index >= 15 is 0 Å². The molecule has 0 aromatic heterocycles. The fraction of sp³-hybridized carbons (Fsp3) is 0.400. The number of hydrogen-bond donors (Lipinski definition) is 3. The zero-order valence-corrected chi connectivity index (χ0v) is 4.82. The number of rotatable bonds is 3. The van der Waals surface area contributed by atoms with Crippen LogP contribution in [0.2, 0.25) is 0 Å². The zero-order valence-electron chi connectivity index (χ0n) is 4.82. The number of carboxylic acids is 1. The number of nitrogens with two attached hydrogens (primary N) is 1. The zero-order chi connectivity index (χ0) is 7.28. The number of carbonyl (C=O) groups is 1. The van der Waals surface area contributed by atoms with Gasteiger partial charge in [-0.05, 0) is 0 Å². The van der Waals surface area contributed by atoms with Crippen LogP contribution in [-0.4, -0.2) is 28.8 Å². The van der Waals surface area contributed by atoms with Crippen LogP contribution in [0.3, 0.4) is 0 Å². The summed E-state index contributed by atoms with van der Waals surface area (Å²) in [5.41, 5.74) is 5.12. The summed E-state index contributed by atoms with van der Waals surface area (Å²) in [6, 6.07) is -0.568. The van der Waals surface area contributed by atoms with Crippen LogP contribution in [0.5, 0.6) is 0 Å². The highest BCUT2D eigenvalue weighted by atomic mass is 16.4. The summed E-state index contributed by atoms with van der Waals surface area (Å²) in [6.07, 6.45) is 2.13. The first kappa shape index (κ1) is 8.13. The van der Waals surface area contributed by atoms with E-state index in [0.717, 1.165) is 6.08 Å². The summed E-state index contributed by atoms with van der Waals surface area (Å²) >= 11 is 0. The Hall–Kier alpha value is -0.870. The molecule has 4 heteroatoms. The fourth-order valence-corrected chi connectivity index (χ4v) is 0.267. The van der Waals surface area contributed by atoms with E-state index in [1.54, 1.807) is 0 Å². The molecule has 0 saturated carbocycles.